The summed E-state index contributed by atoms with van der Waals surface area (Å²) in [5, 5.41) is 10.1. The van der Waals surface area contributed by atoms with Crippen molar-refractivity contribution in [1.82, 2.24) is 25.3 Å². The molecule has 8 aromatic rings. The maximum Gasteiger partial charge on any atom is 0.341 e. The highest BCUT2D eigenvalue weighted by Gasteiger charge is 2.27. The summed E-state index contributed by atoms with van der Waals surface area (Å²) in [4.78, 5) is 50.4. The number of rotatable bonds is 14. The summed E-state index contributed by atoms with van der Waals surface area (Å²) in [5.41, 5.74) is 13.3. The summed E-state index contributed by atoms with van der Waals surface area (Å²) >= 11 is 12.2. The molecule has 0 saturated carbocycles. The molecule has 4 aromatic heterocycles. The van der Waals surface area contributed by atoms with E-state index in [4.69, 9.17) is 56.3 Å². The maximum absolute atomic E-state index is 13.2. The van der Waals surface area contributed by atoms with Crippen molar-refractivity contribution in [3.63, 3.8) is 0 Å². The van der Waals surface area contributed by atoms with Crippen LogP contribution in [0.15, 0.2) is 134 Å². The van der Waals surface area contributed by atoms with Gasteiger partial charge in [0, 0.05) is 75.7 Å². The first-order chi connectivity index (χ1) is 35.0. The fraction of sp³-hybridized carbons (Fsp3) is 0.241. The summed E-state index contributed by atoms with van der Waals surface area (Å²) in [6, 6.07) is 37.0. The Morgan fingerprint density at radius 3 is 1.43 bits per heavy atom. The van der Waals surface area contributed by atoms with Crippen molar-refractivity contribution < 1.29 is 23.8 Å². The van der Waals surface area contributed by atoms with Gasteiger partial charge in [-0.05, 0) is 115 Å². The van der Waals surface area contributed by atoms with Gasteiger partial charge in [-0.2, -0.15) is 0 Å². The lowest BCUT2D eigenvalue weighted by Gasteiger charge is -2.16. The van der Waals surface area contributed by atoms with E-state index in [9.17, 15) is 9.59 Å². The number of nitrogens with one attached hydrogen (secondary N) is 3. The van der Waals surface area contributed by atoms with Crippen LogP contribution in [0.2, 0.25) is 10.3 Å². The summed E-state index contributed by atoms with van der Waals surface area (Å²) in [6.45, 7) is 25.1. The number of pyridine rings is 4. The average Bonchev–Trinajstić information content (AvgIpc) is 3.41. The number of carbonyl (C=O) groups excluding carboxylic acids is 2. The number of ether oxygens (including phenoxy) is 3. The molecule has 0 aliphatic heterocycles. The average molecular weight is 1050 g/mol. The van der Waals surface area contributed by atoms with Crippen molar-refractivity contribution in [2.75, 3.05) is 31.5 Å². The van der Waals surface area contributed by atoms with Crippen molar-refractivity contribution >= 4 is 79.9 Å². The van der Waals surface area contributed by atoms with Crippen LogP contribution in [0, 0.1) is 13.1 Å². The first kappa shape index (κ1) is 59.2. The molecule has 4 heterocycles. The number of methoxy groups -OCH3 is 2. The first-order valence-corrected chi connectivity index (χ1v) is 23.6. The van der Waals surface area contributed by atoms with Crippen LogP contribution in [0.1, 0.15) is 92.4 Å². The van der Waals surface area contributed by atoms with E-state index in [0.29, 0.717) is 62.4 Å². The highest BCUT2D eigenvalue weighted by atomic mass is 35.5. The molecule has 0 atom stereocenters. The zero-order valence-corrected chi connectivity index (χ0v) is 42.9. The van der Waals surface area contributed by atoms with E-state index in [2.05, 4.69) is 45.6 Å². The van der Waals surface area contributed by atoms with Gasteiger partial charge in [-0.3, -0.25) is 14.8 Å². The lowest BCUT2D eigenvalue weighted by molar-refractivity contribution is 0.0527. The molecule has 15 nitrogen and oxygen atoms in total. The van der Waals surface area contributed by atoms with Crippen LogP contribution in [-0.4, -0.2) is 52.6 Å². The summed E-state index contributed by atoms with van der Waals surface area (Å²) in [5.74, 6) is 0.827. The molecule has 388 valence electrons. The molecule has 8 rings (SSSR count). The molecule has 0 aliphatic rings. The zero-order chi connectivity index (χ0) is 52.7. The molecule has 0 spiro atoms. The number of halogens is 2. The number of amides is 1. The second-order valence-corrected chi connectivity index (χ2v) is 17.9. The van der Waals surface area contributed by atoms with Crippen LogP contribution < -0.4 is 31.2 Å². The summed E-state index contributed by atoms with van der Waals surface area (Å²) in [7, 11) is 3.26. The molecule has 0 saturated heterocycles. The third-order valence-corrected chi connectivity index (χ3v) is 11.8. The Kier molecular flexibility index (Phi) is 21.4. The number of aromatic nitrogens is 4. The van der Waals surface area contributed by atoms with Crippen LogP contribution in [0.25, 0.3) is 31.8 Å². The Morgan fingerprint density at radius 1 is 0.613 bits per heavy atom. The fourth-order valence-electron chi connectivity index (χ4n) is 7.00. The number of hydrogen-bond donors (Lipinski definition) is 4. The molecule has 17 heteroatoms. The quantitative estimate of drug-likeness (QED) is 0.0460. The van der Waals surface area contributed by atoms with Crippen LogP contribution in [0.4, 0.5) is 22.7 Å². The smallest absolute Gasteiger partial charge is 0.341 e. The van der Waals surface area contributed by atoms with Gasteiger partial charge in [0.2, 0.25) is 0 Å². The minimum absolute atomic E-state index is 0. The van der Waals surface area contributed by atoms with E-state index in [1.54, 1.807) is 45.4 Å². The van der Waals surface area contributed by atoms with E-state index in [-0.39, 0.29) is 32.9 Å². The fourth-order valence-corrected chi connectivity index (χ4v) is 7.29. The largest absolute Gasteiger partial charge is 0.497 e. The predicted molar refractivity (Wildman–Crippen MR) is 302 cm³/mol. The Balaban J connectivity index is 0.000000272. The lowest BCUT2D eigenvalue weighted by atomic mass is 9.95. The van der Waals surface area contributed by atoms with Crippen molar-refractivity contribution in [2.45, 2.75) is 73.6 Å². The molecule has 1 amide bonds. The van der Waals surface area contributed by atoms with Crippen molar-refractivity contribution in [1.29, 1.82) is 0 Å². The molecule has 0 unspecified atom stereocenters. The molecule has 5 N–H and O–H groups in total. The lowest BCUT2D eigenvalue weighted by Crippen LogP contribution is -2.24. The summed E-state index contributed by atoms with van der Waals surface area (Å²) in [6.07, 6.45) is 2.99. The molecule has 75 heavy (non-hydrogen) atoms. The van der Waals surface area contributed by atoms with Gasteiger partial charge in [0.05, 0.1) is 48.8 Å². The molecule has 0 fully saturated rings. The maximum atomic E-state index is 13.2. The topological polar surface area (TPSA) is 184 Å². The monoisotopic (exact) mass is 1050 g/mol. The number of anilines is 4. The molecular formula is C58H62Cl2N10O5. The van der Waals surface area contributed by atoms with Crippen molar-refractivity contribution in [2.24, 2.45) is 5.73 Å². The van der Waals surface area contributed by atoms with Crippen LogP contribution in [0.5, 0.6) is 11.5 Å². The van der Waals surface area contributed by atoms with E-state index >= 15 is 0 Å². The van der Waals surface area contributed by atoms with E-state index in [1.165, 1.54) is 12.4 Å². The molecular weight excluding hydrogens is 988 g/mol. The standard InChI is InChI=1S/C27H24ClN5O2.C21H19ClN4O2.C8H11NO.2CH4/c1-27(2,29-3)18-7-9-19(10-8-18)32-24-21(16-30-22-13-14-23(28)33-25(22)24)26(34)31-15-17-5-11-20(35-4)12-6-17;1-5-28-20(27)15-12-24-16-10-11-17(22)26-19(16)18(15)25-14-8-6-13(7-9-14)21(2,3)23-4;1-10-8-4-2-7(6-9)3-5-8;;/h5-14,16H,15H2,1-2,4H3,(H,30,32)(H,31,34);6-12H,5H2,1-3H3,(H,24,25);2-5H,6,9H2,1H3;2*1H4. The van der Waals surface area contributed by atoms with Crippen LogP contribution in [-0.2, 0) is 28.9 Å². The van der Waals surface area contributed by atoms with Crippen molar-refractivity contribution in [3.05, 3.63) is 200 Å². The highest BCUT2D eigenvalue weighted by Crippen LogP contribution is 2.33. The minimum atomic E-state index is -0.622. The Bertz CT molecular complexity index is 3260. The molecule has 0 aliphatic carbocycles. The molecule has 4 aromatic carbocycles. The van der Waals surface area contributed by atoms with Gasteiger partial charge in [-0.1, -0.05) is 62.3 Å². The summed E-state index contributed by atoms with van der Waals surface area (Å²) < 4.78 is 15.3. The van der Waals surface area contributed by atoms with Crippen molar-refractivity contribution in [3.8, 4) is 11.5 Å². The van der Waals surface area contributed by atoms with E-state index < -0.39 is 17.0 Å². The van der Waals surface area contributed by atoms with Crippen LogP contribution in [0.3, 0.4) is 0 Å². The second kappa shape index (κ2) is 27.1. The van der Waals surface area contributed by atoms with Gasteiger partial charge in [0.15, 0.2) is 0 Å². The van der Waals surface area contributed by atoms with Crippen LogP contribution >= 0.6 is 23.2 Å². The van der Waals surface area contributed by atoms with E-state index in [1.807, 2.05) is 125 Å². The third kappa shape index (κ3) is 15.4. The van der Waals surface area contributed by atoms with Gasteiger partial charge >= 0.3 is 5.97 Å². The van der Waals surface area contributed by atoms with E-state index in [0.717, 1.165) is 45.1 Å². The highest BCUT2D eigenvalue weighted by molar-refractivity contribution is 6.30. The molecule has 0 radical (unpaired) electrons. The van der Waals surface area contributed by atoms with Gasteiger partial charge in [0.25, 0.3) is 17.0 Å². The number of nitrogens with zero attached hydrogens (tertiary/aromatic N) is 6. The number of esters is 1. The first-order valence-electron chi connectivity index (χ1n) is 22.9. The normalized spacial score (nSPS) is 10.6. The van der Waals surface area contributed by atoms with Gasteiger partial charge in [-0.15, -0.1) is 0 Å². The zero-order valence-electron chi connectivity index (χ0n) is 41.4. The molecule has 0 bridgehead atoms. The van der Waals surface area contributed by atoms with Gasteiger partial charge in [0.1, 0.15) is 38.4 Å². The number of nitrogens with two attached hydrogens (primary N) is 1. The Hall–Kier alpha value is -8.34. The predicted octanol–water partition coefficient (Wildman–Crippen LogP) is 13.9. The number of benzene rings is 4. The third-order valence-electron chi connectivity index (χ3n) is 11.4. The minimum Gasteiger partial charge on any atom is -0.497 e. The van der Waals surface area contributed by atoms with Gasteiger partial charge < -0.3 is 45.6 Å². The SMILES string of the molecule is C.C.COc1ccc(CN)cc1.[C-]#[N+]C(C)(C)c1ccc(Nc2c(C(=O)NCc3ccc(OC)cc3)cnc3ccc(Cl)nc23)cc1.[C-]#[N+]C(C)(C)c1ccc(Nc2c(C(=O)OCC)cnc3ccc(Cl)nc23)cc1. The number of hydrogen-bond acceptors (Lipinski definition) is 12. The number of fused-ring (bicyclic) bond motifs is 2. The Labute approximate surface area is 449 Å². The number of carbonyl (C=O) groups is 2. The Morgan fingerprint density at radius 2 is 1.03 bits per heavy atom. The second-order valence-electron chi connectivity index (χ2n) is 17.1. The van der Waals surface area contributed by atoms with Gasteiger partial charge in [-0.25, -0.2) is 27.9 Å².